The minimum absolute atomic E-state index is 0.387. The van der Waals surface area contributed by atoms with Crippen LogP contribution in [-0.4, -0.2) is 37.0 Å². The molecule has 0 aromatic carbocycles. The Morgan fingerprint density at radius 2 is 2.00 bits per heavy atom. The van der Waals surface area contributed by atoms with Crippen LogP contribution in [0.4, 0.5) is 19.0 Å². The lowest BCUT2D eigenvalue weighted by Crippen LogP contribution is -2.24. The van der Waals surface area contributed by atoms with Crippen molar-refractivity contribution in [3.63, 3.8) is 0 Å². The Balaban J connectivity index is 2.61. The predicted octanol–water partition coefficient (Wildman–Crippen LogP) is 1.97. The summed E-state index contributed by atoms with van der Waals surface area (Å²) < 4.78 is 41.8. The lowest BCUT2D eigenvalue weighted by molar-refractivity contribution is -0.141. The summed E-state index contributed by atoms with van der Waals surface area (Å²) in [6.45, 7) is 3.52. The number of halogens is 3. The first-order valence-corrected chi connectivity index (χ1v) is 5.15. The summed E-state index contributed by atoms with van der Waals surface area (Å²) in [7, 11) is 1.72. The number of likely N-dealkylation sites (N-methyl/N-ethyl adjacent to an activating group) is 1. The maximum atomic E-state index is 12.2. The molecular formula is C10H14F3N3O. The summed E-state index contributed by atoms with van der Waals surface area (Å²) in [6, 6.07) is 2.21. The Labute approximate surface area is 97.4 Å². The van der Waals surface area contributed by atoms with E-state index in [0.29, 0.717) is 25.6 Å². The maximum Gasteiger partial charge on any atom is 0.435 e. The van der Waals surface area contributed by atoms with Crippen molar-refractivity contribution >= 4 is 5.82 Å². The van der Waals surface area contributed by atoms with Gasteiger partial charge in [0.1, 0.15) is 0 Å². The molecule has 1 aromatic rings. The molecule has 17 heavy (non-hydrogen) atoms. The van der Waals surface area contributed by atoms with E-state index in [-0.39, 0.29) is 0 Å². The van der Waals surface area contributed by atoms with E-state index >= 15 is 0 Å². The van der Waals surface area contributed by atoms with Crippen molar-refractivity contribution in [2.24, 2.45) is 0 Å². The quantitative estimate of drug-likeness (QED) is 0.748. The van der Waals surface area contributed by atoms with Gasteiger partial charge in [0.2, 0.25) is 0 Å². The molecule has 0 fully saturated rings. The van der Waals surface area contributed by atoms with Gasteiger partial charge in [0, 0.05) is 20.2 Å². The number of rotatable bonds is 5. The van der Waals surface area contributed by atoms with Crippen LogP contribution in [0.3, 0.4) is 0 Å². The fraction of sp³-hybridized carbons (Fsp3) is 0.600. The maximum absolute atomic E-state index is 12.2. The Morgan fingerprint density at radius 3 is 2.47 bits per heavy atom. The molecule has 0 aliphatic heterocycles. The van der Waals surface area contributed by atoms with Gasteiger partial charge < -0.3 is 9.64 Å². The van der Waals surface area contributed by atoms with Crippen molar-refractivity contribution in [2.45, 2.75) is 13.1 Å². The first-order valence-electron chi connectivity index (χ1n) is 5.15. The van der Waals surface area contributed by atoms with Crippen LogP contribution in [-0.2, 0) is 10.9 Å². The molecule has 0 unspecified atom stereocenters. The van der Waals surface area contributed by atoms with Gasteiger partial charge in [-0.3, -0.25) is 0 Å². The molecule has 1 rings (SSSR count). The summed E-state index contributed by atoms with van der Waals surface area (Å²) in [5, 5.41) is 6.67. The fourth-order valence-corrected chi connectivity index (χ4v) is 1.14. The van der Waals surface area contributed by atoms with Crippen LogP contribution in [0, 0.1) is 0 Å². The van der Waals surface area contributed by atoms with E-state index in [2.05, 4.69) is 10.2 Å². The van der Waals surface area contributed by atoms with Crippen molar-refractivity contribution in [3.8, 4) is 0 Å². The van der Waals surface area contributed by atoms with Gasteiger partial charge >= 0.3 is 6.18 Å². The van der Waals surface area contributed by atoms with Gasteiger partial charge in [-0.2, -0.15) is 13.2 Å². The number of anilines is 1. The molecular weight excluding hydrogens is 235 g/mol. The predicted molar refractivity (Wildman–Crippen MR) is 56.8 cm³/mol. The van der Waals surface area contributed by atoms with E-state index in [4.69, 9.17) is 4.74 Å². The average molecular weight is 249 g/mol. The largest absolute Gasteiger partial charge is 0.435 e. The molecule has 0 aliphatic carbocycles. The van der Waals surface area contributed by atoms with Gasteiger partial charge in [-0.05, 0) is 19.1 Å². The van der Waals surface area contributed by atoms with Crippen molar-refractivity contribution in [1.29, 1.82) is 0 Å². The van der Waals surface area contributed by atoms with Crippen molar-refractivity contribution in [3.05, 3.63) is 17.8 Å². The molecule has 0 amide bonds. The van der Waals surface area contributed by atoms with Crippen LogP contribution in [0.1, 0.15) is 12.6 Å². The van der Waals surface area contributed by atoms with Crippen molar-refractivity contribution in [2.75, 3.05) is 31.7 Å². The molecule has 0 spiro atoms. The Hall–Kier alpha value is -1.37. The third-order valence-electron chi connectivity index (χ3n) is 2.11. The van der Waals surface area contributed by atoms with Gasteiger partial charge in [0.05, 0.1) is 6.61 Å². The first-order chi connectivity index (χ1) is 7.95. The second kappa shape index (κ2) is 5.81. The highest BCUT2D eigenvalue weighted by Crippen LogP contribution is 2.27. The number of alkyl halides is 3. The van der Waals surface area contributed by atoms with Crippen molar-refractivity contribution < 1.29 is 17.9 Å². The molecule has 1 aromatic heterocycles. The summed E-state index contributed by atoms with van der Waals surface area (Å²) in [5.41, 5.74) is -0.987. The SMILES string of the molecule is CCOCCN(C)c1ccc(C(F)(F)F)nn1. The molecule has 0 bridgehead atoms. The van der Waals surface area contributed by atoms with Gasteiger partial charge in [0.25, 0.3) is 0 Å². The lowest BCUT2D eigenvalue weighted by atomic mass is 10.3. The van der Waals surface area contributed by atoms with Gasteiger partial charge in [-0.15, -0.1) is 10.2 Å². The zero-order valence-corrected chi connectivity index (χ0v) is 9.66. The third-order valence-corrected chi connectivity index (χ3v) is 2.11. The highest BCUT2D eigenvalue weighted by molar-refractivity contribution is 5.36. The van der Waals surface area contributed by atoms with Crippen molar-refractivity contribution in [1.82, 2.24) is 10.2 Å². The van der Waals surface area contributed by atoms with E-state index in [1.807, 2.05) is 6.92 Å². The lowest BCUT2D eigenvalue weighted by Gasteiger charge is -2.17. The van der Waals surface area contributed by atoms with Crippen LogP contribution in [0.15, 0.2) is 12.1 Å². The number of ether oxygens (including phenoxy) is 1. The first kappa shape index (κ1) is 13.7. The van der Waals surface area contributed by atoms with Crippen LogP contribution in [0.25, 0.3) is 0 Å². The van der Waals surface area contributed by atoms with E-state index in [1.54, 1.807) is 11.9 Å². The molecule has 7 heteroatoms. The van der Waals surface area contributed by atoms with Gasteiger partial charge in [-0.25, -0.2) is 0 Å². The molecule has 0 saturated heterocycles. The molecule has 0 atom stereocenters. The third kappa shape index (κ3) is 4.18. The summed E-state index contributed by atoms with van der Waals surface area (Å²) >= 11 is 0. The smallest absolute Gasteiger partial charge is 0.380 e. The molecule has 96 valence electrons. The zero-order valence-electron chi connectivity index (χ0n) is 9.66. The second-order valence-electron chi connectivity index (χ2n) is 3.39. The average Bonchev–Trinajstić information content (AvgIpc) is 2.28. The topological polar surface area (TPSA) is 38.2 Å². The number of hydrogen-bond acceptors (Lipinski definition) is 4. The van der Waals surface area contributed by atoms with Crippen LogP contribution < -0.4 is 4.90 Å². The van der Waals surface area contributed by atoms with E-state index < -0.39 is 11.9 Å². The minimum Gasteiger partial charge on any atom is -0.380 e. The summed E-state index contributed by atoms with van der Waals surface area (Å²) in [6.07, 6.45) is -4.45. The normalized spacial score (nSPS) is 11.6. The van der Waals surface area contributed by atoms with E-state index in [9.17, 15) is 13.2 Å². The van der Waals surface area contributed by atoms with Crippen LogP contribution in [0.2, 0.25) is 0 Å². The summed E-state index contributed by atoms with van der Waals surface area (Å²) in [5.74, 6) is 0.387. The fourth-order valence-electron chi connectivity index (χ4n) is 1.14. The number of nitrogens with zero attached hydrogens (tertiary/aromatic N) is 3. The summed E-state index contributed by atoms with van der Waals surface area (Å²) in [4.78, 5) is 1.68. The standard InChI is InChI=1S/C10H14F3N3O/c1-3-17-7-6-16(2)9-5-4-8(14-15-9)10(11,12)13/h4-5H,3,6-7H2,1-2H3. The molecule has 4 nitrogen and oxygen atoms in total. The van der Waals surface area contributed by atoms with E-state index in [1.165, 1.54) is 6.07 Å². The molecule has 0 saturated carbocycles. The Kier molecular flexibility index (Phi) is 4.68. The highest BCUT2D eigenvalue weighted by atomic mass is 19.4. The number of hydrogen-bond donors (Lipinski definition) is 0. The van der Waals surface area contributed by atoms with Gasteiger partial charge in [0.15, 0.2) is 11.5 Å². The zero-order chi connectivity index (χ0) is 12.9. The van der Waals surface area contributed by atoms with Crippen LogP contribution in [0.5, 0.6) is 0 Å². The van der Waals surface area contributed by atoms with Gasteiger partial charge in [-0.1, -0.05) is 0 Å². The minimum atomic E-state index is -4.45. The molecule has 0 aliphatic rings. The molecule has 0 radical (unpaired) electrons. The van der Waals surface area contributed by atoms with Crippen LogP contribution >= 0.6 is 0 Å². The Bertz CT molecular complexity index is 340. The molecule has 0 N–H and O–H groups in total. The monoisotopic (exact) mass is 249 g/mol. The molecule has 1 heterocycles. The highest BCUT2D eigenvalue weighted by Gasteiger charge is 2.32. The number of aromatic nitrogens is 2. The Morgan fingerprint density at radius 1 is 1.29 bits per heavy atom. The second-order valence-corrected chi connectivity index (χ2v) is 3.39. The van der Waals surface area contributed by atoms with E-state index in [0.717, 1.165) is 6.07 Å².